The van der Waals surface area contributed by atoms with E-state index in [1.54, 1.807) is 36.7 Å². The number of nitrogens with zero attached hydrogens (tertiary/aromatic N) is 2. The minimum absolute atomic E-state index is 0.0334. The molecule has 0 radical (unpaired) electrons. The second-order valence-electron chi connectivity index (χ2n) is 8.18. The first-order valence-corrected chi connectivity index (χ1v) is 11.3. The summed E-state index contributed by atoms with van der Waals surface area (Å²) < 4.78 is 16.7. The minimum Gasteiger partial charge on any atom is -0.503 e. The number of hydrogen-bond donors (Lipinski definition) is 1. The predicted octanol–water partition coefficient (Wildman–Crippen LogP) is 4.88. The molecule has 178 valence electrons. The van der Waals surface area contributed by atoms with Crippen molar-refractivity contribution in [1.29, 1.82) is 0 Å². The lowest BCUT2D eigenvalue weighted by atomic mass is 9.95. The first kappa shape index (κ1) is 23.8. The maximum absolute atomic E-state index is 13.6. The molecule has 0 saturated heterocycles. The molecule has 0 bridgehead atoms. The fraction of sp³-hybridized carbons (Fsp3) is 0.320. The van der Waals surface area contributed by atoms with E-state index in [1.807, 2.05) is 13.8 Å². The molecule has 8 nitrogen and oxygen atoms in total. The van der Waals surface area contributed by atoms with Crippen LogP contribution in [0.4, 0.5) is 0 Å². The maximum atomic E-state index is 13.6. The normalized spacial score (nSPS) is 16.2. The van der Waals surface area contributed by atoms with Crippen LogP contribution in [0, 0.1) is 0 Å². The molecule has 1 unspecified atom stereocenters. The largest absolute Gasteiger partial charge is 0.503 e. The molecule has 0 fully saturated rings. The summed E-state index contributed by atoms with van der Waals surface area (Å²) in [5.74, 6) is -1.47. The van der Waals surface area contributed by atoms with Crippen molar-refractivity contribution in [3.8, 4) is 5.75 Å². The fourth-order valence-electron chi connectivity index (χ4n) is 4.04. The highest BCUT2D eigenvalue weighted by molar-refractivity contribution is 6.31. The van der Waals surface area contributed by atoms with Crippen molar-refractivity contribution in [2.24, 2.45) is 0 Å². The third-order valence-corrected chi connectivity index (χ3v) is 5.77. The molecule has 4 rings (SSSR count). The van der Waals surface area contributed by atoms with E-state index < -0.39 is 23.5 Å². The van der Waals surface area contributed by atoms with Crippen LogP contribution in [0.5, 0.6) is 5.75 Å². The summed E-state index contributed by atoms with van der Waals surface area (Å²) in [5, 5.41) is 11.8. The van der Waals surface area contributed by atoms with E-state index in [4.69, 9.17) is 25.5 Å². The van der Waals surface area contributed by atoms with Crippen molar-refractivity contribution in [3.05, 3.63) is 70.4 Å². The van der Waals surface area contributed by atoms with Crippen molar-refractivity contribution >= 4 is 34.3 Å². The number of carbonyl (C=O) groups is 2. The standard InChI is InChI=1S/C25H25ClN2O6/c1-14(2)33-10-4-9-28-21(15-5-7-27-8-6-15)20(23(30)25(28)31)22(29)18-12-16-11-17(26)13-19(32-3)24(16)34-18/h5-8,11-14,21,30H,4,9-10H2,1-3H3. The summed E-state index contributed by atoms with van der Waals surface area (Å²) in [5.41, 5.74) is 0.949. The molecule has 2 aromatic heterocycles. The van der Waals surface area contributed by atoms with E-state index in [0.29, 0.717) is 46.9 Å². The molecule has 0 saturated carbocycles. The predicted molar refractivity (Wildman–Crippen MR) is 126 cm³/mol. The van der Waals surface area contributed by atoms with Crippen molar-refractivity contribution in [1.82, 2.24) is 9.88 Å². The molecule has 1 aliphatic rings. The van der Waals surface area contributed by atoms with Crippen LogP contribution in [0.1, 0.15) is 42.4 Å². The summed E-state index contributed by atoms with van der Waals surface area (Å²) in [6, 6.07) is 7.39. The number of furan rings is 1. The van der Waals surface area contributed by atoms with Gasteiger partial charge >= 0.3 is 0 Å². The number of methoxy groups -OCH3 is 1. The number of pyridine rings is 1. The molecule has 3 aromatic rings. The number of halogens is 1. The van der Waals surface area contributed by atoms with Gasteiger partial charge in [0.25, 0.3) is 5.91 Å². The Balaban J connectivity index is 1.72. The van der Waals surface area contributed by atoms with Crippen molar-refractivity contribution in [2.45, 2.75) is 32.4 Å². The van der Waals surface area contributed by atoms with Crippen LogP contribution < -0.4 is 4.74 Å². The molecule has 3 heterocycles. The van der Waals surface area contributed by atoms with Crippen LogP contribution in [0.25, 0.3) is 11.0 Å². The highest BCUT2D eigenvalue weighted by Gasteiger charge is 2.44. The number of rotatable bonds is 9. The Labute approximate surface area is 201 Å². The molecule has 0 aliphatic carbocycles. The smallest absolute Gasteiger partial charge is 0.290 e. The zero-order valence-corrected chi connectivity index (χ0v) is 19.8. The summed E-state index contributed by atoms with van der Waals surface area (Å²) in [6.45, 7) is 4.60. The number of hydrogen-bond acceptors (Lipinski definition) is 7. The lowest BCUT2D eigenvalue weighted by Gasteiger charge is -2.26. The fourth-order valence-corrected chi connectivity index (χ4v) is 4.26. The van der Waals surface area contributed by atoms with Gasteiger partial charge in [0, 0.05) is 42.0 Å². The van der Waals surface area contributed by atoms with Crippen LogP contribution in [0.3, 0.4) is 0 Å². The van der Waals surface area contributed by atoms with E-state index in [-0.39, 0.29) is 17.4 Å². The van der Waals surface area contributed by atoms with Crippen molar-refractivity contribution in [3.63, 3.8) is 0 Å². The molecule has 9 heteroatoms. The molecule has 1 atom stereocenters. The molecule has 1 N–H and O–H groups in total. The summed E-state index contributed by atoms with van der Waals surface area (Å²) in [6.07, 6.45) is 3.75. The van der Waals surface area contributed by atoms with Crippen LogP contribution >= 0.6 is 11.6 Å². The van der Waals surface area contributed by atoms with Crippen LogP contribution in [0.2, 0.25) is 5.02 Å². The van der Waals surface area contributed by atoms with Crippen molar-refractivity contribution < 1.29 is 28.6 Å². The van der Waals surface area contributed by atoms with E-state index in [0.717, 1.165) is 0 Å². The zero-order chi connectivity index (χ0) is 24.4. The van der Waals surface area contributed by atoms with Gasteiger partial charge in [0.2, 0.25) is 5.78 Å². The van der Waals surface area contributed by atoms with E-state index >= 15 is 0 Å². The van der Waals surface area contributed by atoms with Gasteiger partial charge < -0.3 is 23.9 Å². The van der Waals surface area contributed by atoms with Gasteiger partial charge in [-0.15, -0.1) is 0 Å². The van der Waals surface area contributed by atoms with Gasteiger partial charge in [-0.25, -0.2) is 0 Å². The molecular weight excluding hydrogens is 460 g/mol. The molecule has 1 amide bonds. The minimum atomic E-state index is -0.791. The quantitative estimate of drug-likeness (QED) is 0.341. The lowest BCUT2D eigenvalue weighted by Crippen LogP contribution is -2.32. The van der Waals surface area contributed by atoms with Gasteiger partial charge in [0.1, 0.15) is 0 Å². The van der Waals surface area contributed by atoms with E-state index in [1.165, 1.54) is 18.1 Å². The number of fused-ring (bicyclic) bond motifs is 1. The number of benzene rings is 1. The van der Waals surface area contributed by atoms with E-state index in [9.17, 15) is 14.7 Å². The van der Waals surface area contributed by atoms with Gasteiger partial charge in [-0.05, 0) is 50.1 Å². The van der Waals surface area contributed by atoms with Crippen LogP contribution in [-0.2, 0) is 9.53 Å². The molecule has 1 aliphatic heterocycles. The Hall–Kier alpha value is -3.36. The molecule has 1 aromatic carbocycles. The average molecular weight is 485 g/mol. The zero-order valence-electron chi connectivity index (χ0n) is 19.1. The van der Waals surface area contributed by atoms with Gasteiger partial charge in [-0.2, -0.15) is 0 Å². The van der Waals surface area contributed by atoms with Gasteiger partial charge in [0.05, 0.1) is 24.8 Å². The SMILES string of the molecule is COc1cc(Cl)cc2cc(C(=O)C3=C(O)C(=O)N(CCCOC(C)C)C3c3ccncc3)oc12. The summed E-state index contributed by atoms with van der Waals surface area (Å²) >= 11 is 6.14. The number of ether oxygens (including phenoxy) is 2. The number of aliphatic hydroxyl groups excluding tert-OH is 1. The van der Waals surface area contributed by atoms with Gasteiger partial charge in [-0.1, -0.05) is 11.6 Å². The number of ketones is 1. The second kappa shape index (κ2) is 9.87. The Morgan fingerprint density at radius 3 is 2.68 bits per heavy atom. The maximum Gasteiger partial charge on any atom is 0.290 e. The van der Waals surface area contributed by atoms with Gasteiger partial charge in [-0.3, -0.25) is 14.6 Å². The summed E-state index contributed by atoms with van der Waals surface area (Å²) in [4.78, 5) is 32.1. The Bertz CT molecular complexity index is 1250. The third kappa shape index (κ3) is 4.51. The molecule has 0 spiro atoms. The van der Waals surface area contributed by atoms with E-state index in [2.05, 4.69) is 4.98 Å². The van der Waals surface area contributed by atoms with Crippen LogP contribution in [0.15, 0.2) is 58.5 Å². The highest BCUT2D eigenvalue weighted by Crippen LogP contribution is 2.40. The Morgan fingerprint density at radius 2 is 2.00 bits per heavy atom. The number of Topliss-reactive ketones (excluding diaryl/α,β-unsaturated/α-hetero) is 1. The number of amides is 1. The third-order valence-electron chi connectivity index (χ3n) is 5.56. The molecule has 34 heavy (non-hydrogen) atoms. The first-order chi connectivity index (χ1) is 16.3. The summed E-state index contributed by atoms with van der Waals surface area (Å²) in [7, 11) is 1.47. The lowest BCUT2D eigenvalue weighted by molar-refractivity contribution is -0.129. The monoisotopic (exact) mass is 484 g/mol. The van der Waals surface area contributed by atoms with Gasteiger partial charge in [0.15, 0.2) is 22.9 Å². The number of aliphatic hydroxyl groups is 1. The average Bonchev–Trinajstić information content (AvgIpc) is 3.35. The Morgan fingerprint density at radius 1 is 1.26 bits per heavy atom. The Kier molecular flexibility index (Phi) is 6.90. The topological polar surface area (TPSA) is 102 Å². The molecular formula is C25H25ClN2O6. The number of carbonyl (C=O) groups excluding carboxylic acids is 2. The van der Waals surface area contributed by atoms with Crippen LogP contribution in [-0.4, -0.2) is 53.0 Å². The highest BCUT2D eigenvalue weighted by atomic mass is 35.5. The van der Waals surface area contributed by atoms with Crippen molar-refractivity contribution in [2.75, 3.05) is 20.3 Å². The first-order valence-electron chi connectivity index (χ1n) is 10.9. The number of aromatic nitrogens is 1. The second-order valence-corrected chi connectivity index (χ2v) is 8.62.